The van der Waals surface area contributed by atoms with Crippen molar-refractivity contribution in [3.8, 4) is 0 Å². The van der Waals surface area contributed by atoms with Crippen molar-refractivity contribution < 1.29 is 0 Å². The molecule has 7 heteroatoms. The zero-order chi connectivity index (χ0) is 12.6. The van der Waals surface area contributed by atoms with Gasteiger partial charge in [-0.1, -0.05) is 6.92 Å². The second kappa shape index (κ2) is 4.08. The molecule has 2 aromatic rings. The Balaban J connectivity index is 2.86. The predicted molar refractivity (Wildman–Crippen MR) is 65.0 cm³/mol. The van der Waals surface area contributed by atoms with Gasteiger partial charge in [0.2, 0.25) is 0 Å². The summed E-state index contributed by atoms with van der Waals surface area (Å²) in [4.78, 5) is 29.9. The molecule has 92 valence electrons. The summed E-state index contributed by atoms with van der Waals surface area (Å²) in [5.41, 5.74) is -0.00532. The highest BCUT2D eigenvalue weighted by molar-refractivity contribution is 5.70. The molecule has 17 heavy (non-hydrogen) atoms. The topological polar surface area (TPSA) is 75.9 Å². The molecule has 0 unspecified atom stereocenters. The van der Waals surface area contributed by atoms with E-state index in [2.05, 4.69) is 9.97 Å². The van der Waals surface area contributed by atoms with Gasteiger partial charge in [-0.3, -0.25) is 14.3 Å². The van der Waals surface area contributed by atoms with E-state index in [1.54, 1.807) is 23.8 Å². The quantitative estimate of drug-likeness (QED) is 0.780. The molecule has 2 aromatic heterocycles. The van der Waals surface area contributed by atoms with E-state index in [4.69, 9.17) is 0 Å². The molecule has 0 aliphatic heterocycles. The third-order valence-electron chi connectivity index (χ3n) is 2.54. The average molecular weight is 237 g/mol. The first-order valence-corrected chi connectivity index (χ1v) is 5.44. The summed E-state index contributed by atoms with van der Waals surface area (Å²) in [7, 11) is 3.60. The molecule has 0 saturated heterocycles. The van der Waals surface area contributed by atoms with Gasteiger partial charge in [0.25, 0.3) is 5.56 Å². The fraction of sp³-hybridized carbons (Fsp3) is 0.500. The number of imidazole rings is 1. The van der Waals surface area contributed by atoms with Crippen molar-refractivity contribution in [2.75, 3.05) is 19.1 Å². The molecule has 0 aliphatic rings. The molecular weight excluding hydrogens is 222 g/mol. The lowest BCUT2D eigenvalue weighted by molar-refractivity contribution is 0.651. The summed E-state index contributed by atoms with van der Waals surface area (Å²) >= 11 is 0. The lowest BCUT2D eigenvalue weighted by Crippen LogP contribution is -2.33. The molecular formula is C10H15N5O2. The van der Waals surface area contributed by atoms with E-state index < -0.39 is 11.2 Å². The molecule has 0 saturated carbocycles. The van der Waals surface area contributed by atoms with Gasteiger partial charge >= 0.3 is 5.69 Å². The van der Waals surface area contributed by atoms with Crippen LogP contribution in [-0.2, 0) is 6.54 Å². The number of fused-ring (bicyclic) bond motifs is 1. The van der Waals surface area contributed by atoms with E-state index in [1.165, 1.54) is 10.9 Å². The van der Waals surface area contributed by atoms with Gasteiger partial charge in [0, 0.05) is 20.6 Å². The van der Waals surface area contributed by atoms with E-state index in [9.17, 15) is 9.59 Å². The molecule has 2 heterocycles. The van der Waals surface area contributed by atoms with E-state index in [-0.39, 0.29) is 0 Å². The zero-order valence-corrected chi connectivity index (χ0v) is 10.1. The summed E-state index contributed by atoms with van der Waals surface area (Å²) in [6.45, 7) is 2.50. The maximum Gasteiger partial charge on any atom is 0.330 e. The SMILES string of the molecule is CCCn1c(=O)[nH]c(=O)c2c1ncn2N(C)C. The van der Waals surface area contributed by atoms with Gasteiger partial charge in [0.15, 0.2) is 11.2 Å². The van der Waals surface area contributed by atoms with E-state index >= 15 is 0 Å². The van der Waals surface area contributed by atoms with Crippen molar-refractivity contribution in [3.63, 3.8) is 0 Å². The second-order valence-corrected chi connectivity index (χ2v) is 4.02. The van der Waals surface area contributed by atoms with Crippen LogP contribution in [0.4, 0.5) is 0 Å². The summed E-state index contributed by atoms with van der Waals surface area (Å²) in [5.74, 6) is 0. The van der Waals surface area contributed by atoms with Crippen LogP contribution in [0.25, 0.3) is 11.2 Å². The van der Waals surface area contributed by atoms with Crippen molar-refractivity contribution in [1.29, 1.82) is 0 Å². The molecule has 0 spiro atoms. The average Bonchev–Trinajstić information content (AvgIpc) is 2.68. The van der Waals surface area contributed by atoms with E-state index in [0.717, 1.165) is 6.42 Å². The number of hydrogen-bond acceptors (Lipinski definition) is 4. The number of aryl methyl sites for hydroxylation is 1. The van der Waals surface area contributed by atoms with Crippen LogP contribution in [0.1, 0.15) is 13.3 Å². The first-order chi connectivity index (χ1) is 8.06. The van der Waals surface area contributed by atoms with Crippen LogP contribution in [0, 0.1) is 0 Å². The minimum atomic E-state index is -0.413. The first-order valence-electron chi connectivity index (χ1n) is 5.44. The highest BCUT2D eigenvalue weighted by Gasteiger charge is 2.13. The Hall–Kier alpha value is -2.05. The number of nitrogens with one attached hydrogen (secondary N) is 1. The van der Waals surface area contributed by atoms with Crippen molar-refractivity contribution in [3.05, 3.63) is 27.2 Å². The number of aromatic nitrogens is 4. The van der Waals surface area contributed by atoms with Crippen LogP contribution < -0.4 is 16.3 Å². The Morgan fingerprint density at radius 1 is 1.41 bits per heavy atom. The van der Waals surface area contributed by atoms with Crippen LogP contribution in [0.2, 0.25) is 0 Å². The monoisotopic (exact) mass is 237 g/mol. The molecule has 0 aliphatic carbocycles. The molecule has 0 amide bonds. The fourth-order valence-electron chi connectivity index (χ4n) is 1.79. The predicted octanol–water partition coefficient (Wildman–Crippen LogP) is -0.506. The van der Waals surface area contributed by atoms with Gasteiger partial charge in [-0.2, -0.15) is 0 Å². The molecule has 0 radical (unpaired) electrons. The second-order valence-electron chi connectivity index (χ2n) is 4.02. The maximum atomic E-state index is 11.8. The summed E-state index contributed by atoms with van der Waals surface area (Å²) < 4.78 is 3.09. The van der Waals surface area contributed by atoms with Crippen molar-refractivity contribution in [1.82, 2.24) is 19.2 Å². The smallest absolute Gasteiger partial charge is 0.317 e. The Morgan fingerprint density at radius 3 is 2.71 bits per heavy atom. The maximum absolute atomic E-state index is 11.8. The molecule has 2 rings (SSSR count). The molecule has 0 aromatic carbocycles. The normalized spacial score (nSPS) is 11.0. The highest BCUT2D eigenvalue weighted by Crippen LogP contribution is 2.05. The number of H-pyrrole nitrogens is 1. The largest absolute Gasteiger partial charge is 0.330 e. The molecule has 0 bridgehead atoms. The Morgan fingerprint density at radius 2 is 2.12 bits per heavy atom. The van der Waals surface area contributed by atoms with Crippen molar-refractivity contribution in [2.45, 2.75) is 19.9 Å². The third kappa shape index (κ3) is 1.73. The van der Waals surface area contributed by atoms with Gasteiger partial charge in [0.1, 0.15) is 6.33 Å². The third-order valence-corrected chi connectivity index (χ3v) is 2.54. The Kier molecular flexibility index (Phi) is 2.74. The Labute approximate surface area is 97.3 Å². The fourth-order valence-corrected chi connectivity index (χ4v) is 1.79. The standard InChI is InChI=1S/C10H15N5O2/c1-4-5-14-8-7(9(16)12-10(14)17)15(6-11-8)13(2)3/h6H,4-5H2,1-3H3,(H,12,16,17). The molecule has 1 N–H and O–H groups in total. The first kappa shape index (κ1) is 11.4. The highest BCUT2D eigenvalue weighted by atomic mass is 16.2. The minimum absolute atomic E-state index is 0.392. The lowest BCUT2D eigenvalue weighted by atomic mass is 10.4. The molecule has 7 nitrogen and oxygen atoms in total. The number of aromatic amines is 1. The number of rotatable bonds is 3. The van der Waals surface area contributed by atoms with Crippen molar-refractivity contribution >= 4 is 11.2 Å². The minimum Gasteiger partial charge on any atom is -0.317 e. The number of nitrogens with zero attached hydrogens (tertiary/aromatic N) is 4. The van der Waals surface area contributed by atoms with Crippen LogP contribution in [0.15, 0.2) is 15.9 Å². The van der Waals surface area contributed by atoms with Crippen LogP contribution >= 0.6 is 0 Å². The van der Waals surface area contributed by atoms with Gasteiger partial charge in [-0.25, -0.2) is 14.5 Å². The van der Waals surface area contributed by atoms with E-state index in [0.29, 0.717) is 17.7 Å². The van der Waals surface area contributed by atoms with Crippen LogP contribution in [0.5, 0.6) is 0 Å². The van der Waals surface area contributed by atoms with Gasteiger partial charge in [0.05, 0.1) is 0 Å². The lowest BCUT2D eigenvalue weighted by Gasteiger charge is -2.13. The van der Waals surface area contributed by atoms with E-state index in [1.807, 2.05) is 6.92 Å². The Bertz CT molecular complexity index is 649. The summed E-state index contributed by atoms with van der Waals surface area (Å²) in [5, 5.41) is 1.73. The summed E-state index contributed by atoms with van der Waals surface area (Å²) in [6.07, 6.45) is 2.33. The van der Waals surface area contributed by atoms with Gasteiger partial charge < -0.3 is 5.01 Å². The molecule has 0 atom stereocenters. The number of hydrogen-bond donors (Lipinski definition) is 1. The van der Waals surface area contributed by atoms with Gasteiger partial charge in [-0.15, -0.1) is 0 Å². The van der Waals surface area contributed by atoms with Gasteiger partial charge in [-0.05, 0) is 6.42 Å². The van der Waals surface area contributed by atoms with Crippen molar-refractivity contribution in [2.24, 2.45) is 0 Å². The molecule has 0 fully saturated rings. The van der Waals surface area contributed by atoms with Crippen LogP contribution in [0.3, 0.4) is 0 Å². The summed E-state index contributed by atoms with van der Waals surface area (Å²) in [6, 6.07) is 0. The van der Waals surface area contributed by atoms with Crippen LogP contribution in [-0.4, -0.2) is 33.3 Å². The zero-order valence-electron chi connectivity index (χ0n) is 10.1.